The monoisotopic (exact) mass is 574 g/mol. The number of nitrogens with zero attached hydrogens (tertiary/aromatic N) is 1. The van der Waals surface area contributed by atoms with E-state index in [0.717, 1.165) is 49.4 Å². The van der Waals surface area contributed by atoms with Crippen LogP contribution in [-0.2, 0) is 26.6 Å². The average Bonchev–Trinajstić information content (AvgIpc) is 3.04. The van der Waals surface area contributed by atoms with Gasteiger partial charge in [0.1, 0.15) is 5.75 Å². The van der Waals surface area contributed by atoms with E-state index in [-0.39, 0.29) is 29.9 Å². The van der Waals surface area contributed by atoms with Crippen molar-refractivity contribution in [2.45, 2.75) is 50.0 Å². The molecule has 2 aliphatic carbocycles. The van der Waals surface area contributed by atoms with Gasteiger partial charge in [0, 0.05) is 29.1 Å². The van der Waals surface area contributed by atoms with Crippen LogP contribution >= 0.6 is 11.6 Å². The number of carbonyl (C=O) groups is 1. The highest BCUT2D eigenvalue weighted by Gasteiger charge is 2.43. The highest BCUT2D eigenvalue weighted by Crippen LogP contribution is 2.46. The van der Waals surface area contributed by atoms with Gasteiger partial charge in [0.05, 0.1) is 37.4 Å². The second-order valence-corrected chi connectivity index (χ2v) is 13.9. The van der Waals surface area contributed by atoms with Gasteiger partial charge >= 0.3 is 0 Å². The van der Waals surface area contributed by atoms with Gasteiger partial charge in [-0.2, -0.15) is 0 Å². The maximum Gasteiger partial charge on any atom is 0.264 e. The molecule has 210 valence electrons. The lowest BCUT2D eigenvalue weighted by molar-refractivity contribution is 0.00957. The number of aliphatic hydroxyl groups is 1. The number of anilines is 1. The van der Waals surface area contributed by atoms with Crippen LogP contribution in [-0.4, -0.2) is 64.2 Å². The van der Waals surface area contributed by atoms with Gasteiger partial charge < -0.3 is 19.5 Å². The average molecular weight is 575 g/mol. The molecule has 10 heteroatoms. The smallest absolute Gasteiger partial charge is 0.264 e. The Balaban J connectivity index is 1.40. The van der Waals surface area contributed by atoms with E-state index >= 15 is 0 Å². The minimum atomic E-state index is -3.90. The van der Waals surface area contributed by atoms with Crippen LogP contribution < -0.4 is 14.4 Å². The SMILES string of the molecule is O=C1NS(=O)(=O)CCOC[C@@H](O)C[C@@H]2CC[C@H]2CN2C[C@@]3(CCCc4cc(Cl)ccc43)COc3ccc1cc32. The van der Waals surface area contributed by atoms with E-state index in [1.165, 1.54) is 11.1 Å². The highest BCUT2D eigenvalue weighted by atomic mass is 35.5. The molecule has 2 bridgehead atoms. The lowest BCUT2D eigenvalue weighted by Gasteiger charge is -2.45. The van der Waals surface area contributed by atoms with Gasteiger partial charge in [0.15, 0.2) is 0 Å². The minimum Gasteiger partial charge on any atom is -0.490 e. The second kappa shape index (κ2) is 10.6. The van der Waals surface area contributed by atoms with E-state index in [1.54, 1.807) is 18.2 Å². The van der Waals surface area contributed by atoms with Crippen molar-refractivity contribution >= 4 is 33.2 Å². The zero-order valence-electron chi connectivity index (χ0n) is 21.9. The molecule has 1 fully saturated rings. The molecule has 0 saturated heterocycles. The Kier molecular flexibility index (Phi) is 7.29. The predicted molar refractivity (Wildman–Crippen MR) is 149 cm³/mol. The maximum atomic E-state index is 13.0. The van der Waals surface area contributed by atoms with Gasteiger partial charge in [-0.05, 0) is 91.8 Å². The molecule has 1 amide bonds. The number of amides is 1. The number of hydrogen-bond acceptors (Lipinski definition) is 7. The van der Waals surface area contributed by atoms with Crippen molar-refractivity contribution in [1.29, 1.82) is 0 Å². The molecule has 0 radical (unpaired) electrons. The fraction of sp³-hybridized carbons (Fsp3) is 0.552. The van der Waals surface area contributed by atoms with Crippen molar-refractivity contribution in [1.82, 2.24) is 4.72 Å². The number of rotatable bonds is 0. The number of halogens is 1. The molecule has 4 atom stereocenters. The molecule has 4 aliphatic rings. The molecular formula is C29H35ClN2O6S. The topological polar surface area (TPSA) is 105 Å². The van der Waals surface area contributed by atoms with Gasteiger partial charge in [0.25, 0.3) is 5.91 Å². The van der Waals surface area contributed by atoms with E-state index < -0.39 is 22.0 Å². The van der Waals surface area contributed by atoms with Gasteiger partial charge in [-0.1, -0.05) is 17.7 Å². The fourth-order valence-electron chi connectivity index (χ4n) is 6.78. The Hall–Kier alpha value is -2.33. The number of sulfonamides is 1. The number of ether oxygens (including phenoxy) is 2. The summed E-state index contributed by atoms with van der Waals surface area (Å²) in [5, 5.41) is 11.3. The van der Waals surface area contributed by atoms with E-state index in [9.17, 15) is 18.3 Å². The van der Waals surface area contributed by atoms with Crippen LogP contribution in [0, 0.1) is 11.8 Å². The van der Waals surface area contributed by atoms with Crippen molar-refractivity contribution in [2.75, 3.05) is 43.6 Å². The zero-order chi connectivity index (χ0) is 27.2. The minimum absolute atomic E-state index is 0.0793. The maximum absolute atomic E-state index is 13.0. The summed E-state index contributed by atoms with van der Waals surface area (Å²) in [5.74, 6) is 0.402. The van der Waals surface area contributed by atoms with E-state index in [0.29, 0.717) is 37.2 Å². The molecule has 2 heterocycles. The van der Waals surface area contributed by atoms with Crippen molar-refractivity contribution in [3.63, 3.8) is 0 Å². The van der Waals surface area contributed by atoms with Crippen LogP contribution in [0.15, 0.2) is 36.4 Å². The summed E-state index contributed by atoms with van der Waals surface area (Å²) in [6.45, 7) is 1.98. The van der Waals surface area contributed by atoms with Crippen LogP contribution in [0.1, 0.15) is 53.6 Å². The van der Waals surface area contributed by atoms with Crippen LogP contribution in [0.3, 0.4) is 0 Å². The first-order valence-corrected chi connectivity index (χ1v) is 15.9. The first kappa shape index (κ1) is 26.9. The lowest BCUT2D eigenvalue weighted by atomic mass is 9.68. The summed E-state index contributed by atoms with van der Waals surface area (Å²) in [4.78, 5) is 15.4. The fourth-order valence-corrected chi connectivity index (χ4v) is 7.82. The molecule has 2 N–H and O–H groups in total. The Morgan fingerprint density at radius 3 is 2.79 bits per heavy atom. The Morgan fingerprint density at radius 1 is 1.13 bits per heavy atom. The van der Waals surface area contributed by atoms with Crippen LogP contribution in [0.25, 0.3) is 0 Å². The van der Waals surface area contributed by atoms with Crippen molar-refractivity contribution in [2.24, 2.45) is 11.8 Å². The molecular weight excluding hydrogens is 540 g/mol. The van der Waals surface area contributed by atoms with Crippen LogP contribution in [0.5, 0.6) is 5.75 Å². The van der Waals surface area contributed by atoms with E-state index in [1.807, 2.05) is 6.07 Å². The summed E-state index contributed by atoms with van der Waals surface area (Å²) < 4.78 is 39.2. The molecule has 6 rings (SSSR count). The largest absolute Gasteiger partial charge is 0.490 e. The standard InChI is InChI=1S/C29H35ClN2O6S/c30-23-6-7-25-20(12-23)2-1-9-29(25)17-32-15-22-4-3-19(22)13-24(33)16-37-10-11-39(35,36)31-28(34)21-5-8-27(38-18-29)26(32)14-21/h5-8,12,14,19,22,24,33H,1-4,9-11,13,15-18H2,(H,31,34)/t19-,22-,24-,29-/m0/s1. The number of carbonyl (C=O) groups excluding carboxylic acids is 1. The van der Waals surface area contributed by atoms with Gasteiger partial charge in [0.2, 0.25) is 10.0 Å². The molecule has 0 aromatic heterocycles. The molecule has 0 unspecified atom stereocenters. The summed E-state index contributed by atoms with van der Waals surface area (Å²) in [5.41, 5.74) is 3.36. The number of aryl methyl sites for hydroxylation is 1. The highest BCUT2D eigenvalue weighted by molar-refractivity contribution is 7.90. The van der Waals surface area contributed by atoms with E-state index in [2.05, 4.69) is 21.8 Å². The summed E-state index contributed by atoms with van der Waals surface area (Å²) >= 11 is 6.36. The van der Waals surface area contributed by atoms with Crippen molar-refractivity contribution < 1.29 is 27.8 Å². The third-order valence-electron chi connectivity index (χ3n) is 8.96. The summed E-state index contributed by atoms with van der Waals surface area (Å²) in [6.07, 6.45) is 5.07. The molecule has 2 aromatic carbocycles. The van der Waals surface area contributed by atoms with Crippen LogP contribution in [0.2, 0.25) is 5.02 Å². The molecule has 8 nitrogen and oxygen atoms in total. The Labute approximate surface area is 234 Å². The number of fused-ring (bicyclic) bond motifs is 4. The molecule has 1 spiro atoms. The quantitative estimate of drug-likeness (QED) is 0.494. The predicted octanol–water partition coefficient (Wildman–Crippen LogP) is 3.68. The van der Waals surface area contributed by atoms with Crippen molar-refractivity contribution in [3.05, 3.63) is 58.1 Å². The second-order valence-electron chi connectivity index (χ2n) is 11.6. The Morgan fingerprint density at radius 2 is 1.97 bits per heavy atom. The molecule has 1 saturated carbocycles. The normalized spacial score (nSPS) is 30.7. The third-order valence-corrected chi connectivity index (χ3v) is 10.4. The van der Waals surface area contributed by atoms with Crippen molar-refractivity contribution in [3.8, 4) is 5.75 Å². The number of aliphatic hydroxyl groups excluding tert-OH is 1. The number of benzene rings is 2. The van der Waals surface area contributed by atoms with Crippen LogP contribution in [0.4, 0.5) is 5.69 Å². The Bertz CT molecular complexity index is 1370. The number of nitrogens with one attached hydrogen (secondary N) is 1. The summed E-state index contributed by atoms with van der Waals surface area (Å²) in [7, 11) is -3.90. The zero-order valence-corrected chi connectivity index (χ0v) is 23.5. The van der Waals surface area contributed by atoms with Gasteiger partial charge in [-0.25, -0.2) is 13.1 Å². The molecule has 39 heavy (non-hydrogen) atoms. The third kappa shape index (κ3) is 5.51. The van der Waals surface area contributed by atoms with Gasteiger partial charge in [-0.3, -0.25) is 4.79 Å². The number of hydrogen-bond donors (Lipinski definition) is 2. The summed E-state index contributed by atoms with van der Waals surface area (Å²) in [6, 6.07) is 11.3. The van der Waals surface area contributed by atoms with Gasteiger partial charge in [-0.15, -0.1) is 0 Å². The lowest BCUT2D eigenvalue weighted by Crippen LogP contribution is -2.48. The van der Waals surface area contributed by atoms with E-state index in [4.69, 9.17) is 21.1 Å². The molecule has 2 aromatic rings. The first-order chi connectivity index (χ1) is 18.7. The first-order valence-electron chi connectivity index (χ1n) is 13.8. The molecule has 2 aliphatic heterocycles.